The lowest BCUT2D eigenvalue weighted by Gasteiger charge is -2.35. The van der Waals surface area contributed by atoms with Crippen molar-refractivity contribution in [1.82, 2.24) is 15.1 Å². The zero-order chi connectivity index (χ0) is 21.6. The first-order chi connectivity index (χ1) is 14.3. The normalized spacial score (nSPS) is 16.8. The quantitative estimate of drug-likeness (QED) is 0.761. The van der Waals surface area contributed by atoms with Crippen LogP contribution in [0.1, 0.15) is 37.9 Å². The van der Waals surface area contributed by atoms with Gasteiger partial charge in [0.2, 0.25) is 0 Å². The molecule has 1 N–H and O–H groups in total. The molecule has 1 heterocycles. The van der Waals surface area contributed by atoms with Crippen molar-refractivity contribution in [2.75, 3.05) is 46.4 Å². The molecule has 3 rings (SSSR count). The van der Waals surface area contributed by atoms with Gasteiger partial charge in [0.1, 0.15) is 5.75 Å². The summed E-state index contributed by atoms with van der Waals surface area (Å²) in [6.45, 7) is 11.5. The zero-order valence-corrected chi connectivity index (χ0v) is 18.7. The van der Waals surface area contributed by atoms with E-state index in [0.29, 0.717) is 5.75 Å². The first-order valence-electron chi connectivity index (χ1n) is 10.8. The van der Waals surface area contributed by atoms with Crippen LogP contribution in [0.25, 0.3) is 0 Å². The highest BCUT2D eigenvalue weighted by molar-refractivity contribution is 5.78. The van der Waals surface area contributed by atoms with Crippen LogP contribution in [-0.4, -0.2) is 62.1 Å². The standard InChI is InChI=1S/C25H35N3O2/c1-25(2,3)21-10-12-22(13-11-21)30-19-24(29)26-23(20-8-6-5-7-9-20)18-28-16-14-27(4)15-17-28/h5-13,23H,14-19H2,1-4H3,(H,26,29). The van der Waals surface area contributed by atoms with Crippen molar-refractivity contribution in [2.24, 2.45) is 0 Å². The molecule has 0 saturated carbocycles. The van der Waals surface area contributed by atoms with E-state index in [1.54, 1.807) is 0 Å². The van der Waals surface area contributed by atoms with Crippen molar-refractivity contribution >= 4 is 5.91 Å². The van der Waals surface area contributed by atoms with Gasteiger partial charge in [-0.2, -0.15) is 0 Å². The number of nitrogens with zero attached hydrogens (tertiary/aromatic N) is 2. The van der Waals surface area contributed by atoms with Crippen LogP contribution < -0.4 is 10.1 Å². The Morgan fingerprint density at radius 2 is 1.63 bits per heavy atom. The minimum atomic E-state index is -0.0992. The van der Waals surface area contributed by atoms with Crippen LogP contribution in [-0.2, 0) is 10.2 Å². The molecule has 2 aromatic carbocycles. The smallest absolute Gasteiger partial charge is 0.258 e. The largest absolute Gasteiger partial charge is 0.484 e. The summed E-state index contributed by atoms with van der Waals surface area (Å²) in [4.78, 5) is 17.4. The fourth-order valence-electron chi connectivity index (χ4n) is 3.64. The van der Waals surface area contributed by atoms with Gasteiger partial charge in [0.25, 0.3) is 5.91 Å². The topological polar surface area (TPSA) is 44.8 Å². The molecule has 0 aliphatic carbocycles. The maximum atomic E-state index is 12.7. The van der Waals surface area contributed by atoms with Gasteiger partial charge in [-0.25, -0.2) is 0 Å². The Bertz CT molecular complexity index is 791. The number of nitrogens with one attached hydrogen (secondary N) is 1. The third-order valence-corrected chi connectivity index (χ3v) is 5.66. The lowest BCUT2D eigenvalue weighted by Crippen LogP contribution is -2.48. The summed E-state index contributed by atoms with van der Waals surface area (Å²) in [5.74, 6) is 0.617. The molecular weight excluding hydrogens is 374 g/mol. The molecule has 1 atom stereocenters. The third kappa shape index (κ3) is 6.57. The molecule has 0 bridgehead atoms. The summed E-state index contributed by atoms with van der Waals surface area (Å²) >= 11 is 0. The van der Waals surface area contributed by atoms with E-state index in [4.69, 9.17) is 4.74 Å². The number of likely N-dealkylation sites (N-methyl/N-ethyl adjacent to an activating group) is 1. The molecule has 0 aromatic heterocycles. The Balaban J connectivity index is 1.57. The molecule has 1 aliphatic heterocycles. The summed E-state index contributed by atoms with van der Waals surface area (Å²) in [7, 11) is 2.15. The minimum absolute atomic E-state index is 0.0148. The van der Waals surface area contributed by atoms with E-state index in [1.165, 1.54) is 5.56 Å². The Morgan fingerprint density at radius 1 is 1.00 bits per heavy atom. The Hall–Kier alpha value is -2.37. The number of hydrogen-bond donors (Lipinski definition) is 1. The minimum Gasteiger partial charge on any atom is -0.484 e. The van der Waals surface area contributed by atoms with Crippen LogP contribution >= 0.6 is 0 Å². The molecule has 5 heteroatoms. The summed E-state index contributed by atoms with van der Waals surface area (Å²) in [6, 6.07) is 18.1. The van der Waals surface area contributed by atoms with Gasteiger partial charge < -0.3 is 15.0 Å². The second-order valence-corrected chi connectivity index (χ2v) is 9.20. The van der Waals surface area contributed by atoms with Crippen LogP contribution in [0, 0.1) is 0 Å². The van der Waals surface area contributed by atoms with Gasteiger partial charge in [-0.3, -0.25) is 9.69 Å². The maximum absolute atomic E-state index is 12.7. The first kappa shape index (κ1) is 22.3. The van der Waals surface area contributed by atoms with Crippen molar-refractivity contribution < 1.29 is 9.53 Å². The average molecular weight is 410 g/mol. The number of carbonyl (C=O) groups is 1. The van der Waals surface area contributed by atoms with Crippen LogP contribution in [0.3, 0.4) is 0 Å². The molecule has 1 aliphatic rings. The SMILES string of the molecule is CN1CCN(CC(NC(=O)COc2ccc(C(C)(C)C)cc2)c2ccccc2)CC1. The molecule has 2 aromatic rings. The van der Waals surface area contributed by atoms with E-state index in [9.17, 15) is 4.79 Å². The average Bonchev–Trinajstić information content (AvgIpc) is 2.73. The fourth-order valence-corrected chi connectivity index (χ4v) is 3.64. The van der Waals surface area contributed by atoms with E-state index < -0.39 is 0 Å². The van der Waals surface area contributed by atoms with Gasteiger partial charge in [0, 0.05) is 32.7 Å². The Morgan fingerprint density at radius 3 is 2.23 bits per heavy atom. The molecule has 1 amide bonds. The van der Waals surface area contributed by atoms with Gasteiger partial charge >= 0.3 is 0 Å². The first-order valence-corrected chi connectivity index (χ1v) is 10.8. The highest BCUT2D eigenvalue weighted by Crippen LogP contribution is 2.24. The van der Waals surface area contributed by atoms with Gasteiger partial charge in [-0.1, -0.05) is 63.2 Å². The van der Waals surface area contributed by atoms with Crippen LogP contribution in [0.15, 0.2) is 54.6 Å². The molecule has 1 saturated heterocycles. The molecule has 0 spiro atoms. The summed E-state index contributed by atoms with van der Waals surface area (Å²) in [5.41, 5.74) is 2.47. The highest BCUT2D eigenvalue weighted by atomic mass is 16.5. The molecule has 5 nitrogen and oxygen atoms in total. The number of ether oxygens (including phenoxy) is 1. The van der Waals surface area contributed by atoms with Crippen molar-refractivity contribution in [3.05, 3.63) is 65.7 Å². The van der Waals surface area contributed by atoms with Crippen LogP contribution in [0.4, 0.5) is 0 Å². The number of piperazine rings is 1. The second kappa shape index (κ2) is 10.1. The lowest BCUT2D eigenvalue weighted by atomic mass is 9.87. The summed E-state index contributed by atoms with van der Waals surface area (Å²) < 4.78 is 5.74. The lowest BCUT2D eigenvalue weighted by molar-refractivity contribution is -0.124. The molecule has 0 radical (unpaired) electrons. The molecule has 1 fully saturated rings. The zero-order valence-electron chi connectivity index (χ0n) is 18.7. The van der Waals surface area contributed by atoms with Crippen molar-refractivity contribution in [1.29, 1.82) is 0 Å². The van der Waals surface area contributed by atoms with Gasteiger partial charge in [-0.05, 0) is 35.7 Å². The summed E-state index contributed by atoms with van der Waals surface area (Å²) in [6.07, 6.45) is 0. The molecular formula is C25H35N3O2. The monoisotopic (exact) mass is 409 g/mol. The maximum Gasteiger partial charge on any atom is 0.258 e. The van der Waals surface area contributed by atoms with Crippen molar-refractivity contribution in [3.8, 4) is 5.75 Å². The Kier molecular flexibility index (Phi) is 7.51. The number of amides is 1. The van der Waals surface area contributed by atoms with Crippen LogP contribution in [0.5, 0.6) is 5.75 Å². The van der Waals surface area contributed by atoms with E-state index in [0.717, 1.165) is 38.3 Å². The van der Waals surface area contributed by atoms with Crippen LogP contribution in [0.2, 0.25) is 0 Å². The number of benzene rings is 2. The van der Waals surface area contributed by atoms with Gasteiger partial charge in [-0.15, -0.1) is 0 Å². The van der Waals surface area contributed by atoms with Crippen molar-refractivity contribution in [2.45, 2.75) is 32.2 Å². The summed E-state index contributed by atoms with van der Waals surface area (Å²) in [5, 5.41) is 3.18. The molecule has 1 unspecified atom stereocenters. The van der Waals surface area contributed by atoms with E-state index in [-0.39, 0.29) is 24.0 Å². The van der Waals surface area contributed by atoms with E-state index in [2.05, 4.69) is 67.2 Å². The van der Waals surface area contributed by atoms with Crippen molar-refractivity contribution in [3.63, 3.8) is 0 Å². The molecule has 30 heavy (non-hydrogen) atoms. The number of rotatable bonds is 7. The number of carbonyl (C=O) groups excluding carboxylic acids is 1. The third-order valence-electron chi connectivity index (χ3n) is 5.66. The van der Waals surface area contributed by atoms with E-state index in [1.807, 2.05) is 30.3 Å². The highest BCUT2D eigenvalue weighted by Gasteiger charge is 2.21. The fraction of sp³-hybridized carbons (Fsp3) is 0.480. The second-order valence-electron chi connectivity index (χ2n) is 9.20. The molecule has 162 valence electrons. The van der Waals surface area contributed by atoms with E-state index >= 15 is 0 Å². The van der Waals surface area contributed by atoms with Gasteiger partial charge in [0.15, 0.2) is 6.61 Å². The Labute approximate surface area is 181 Å². The predicted molar refractivity (Wildman–Crippen MR) is 122 cm³/mol. The van der Waals surface area contributed by atoms with Gasteiger partial charge in [0.05, 0.1) is 6.04 Å². The number of hydrogen-bond acceptors (Lipinski definition) is 4. The predicted octanol–water partition coefficient (Wildman–Crippen LogP) is 3.47.